The lowest BCUT2D eigenvalue weighted by molar-refractivity contribution is -0.145. The zero-order valence-electron chi connectivity index (χ0n) is 45.9. The van der Waals surface area contributed by atoms with E-state index in [4.69, 9.17) is 14.6 Å². The van der Waals surface area contributed by atoms with Crippen molar-refractivity contribution in [3.05, 3.63) is 196 Å². The molecule has 444 valence electrons. The fourth-order valence-corrected chi connectivity index (χ4v) is 8.13. The third-order valence-electron chi connectivity index (χ3n) is 11.3. The van der Waals surface area contributed by atoms with Gasteiger partial charge in [-0.15, -0.1) is 0 Å². The first kappa shape index (κ1) is 73.4. The summed E-state index contributed by atoms with van der Waals surface area (Å²) in [5, 5.41) is 17.8. The molecule has 3 unspecified atom stereocenters. The molecule has 83 heavy (non-hydrogen) atoms. The molecule has 2 fully saturated rings. The van der Waals surface area contributed by atoms with Crippen LogP contribution < -0.4 is 0 Å². The van der Waals surface area contributed by atoms with Crippen molar-refractivity contribution < 1.29 is 77.0 Å². The predicted molar refractivity (Wildman–Crippen MR) is 331 cm³/mol. The standard InChI is InChI=1S/C14H15BrO3.C13H13BrO4.C11H11BrO3.C11H13BrO2.C7H5BrO.C6H8O3/c1-17-14(16)8-10-2-7-13(18-9-10)11-3-5-12(15)6-4-11;1-9(15)18-8-12(16)6-7-13(17)10-2-4-11(14)5-3-10;12-9-3-1-8(2-4-9)11(15)6-5-10(14)7-13;12-9-3-1-8(2-4-9)11-6-5-10(13)7-14-11;8-7-3-1-6(5-9)2-4-7;1-3-6(8)4-9-5(2)7/h3-6,8,13H,2,7,9H2,1H3;2-5H,6-8H2,1H3;1-4,13H,5-7H2;1-4,10-11,13H,5-7H2;1-5H;3H,1,4H2,2H3/b10-8+;;;;;. The number of rotatable bonds is 18. The van der Waals surface area contributed by atoms with Crippen molar-refractivity contribution in [1.82, 2.24) is 0 Å². The van der Waals surface area contributed by atoms with Crippen molar-refractivity contribution >= 4 is 133 Å². The number of hydrogen-bond donors (Lipinski definition) is 2. The van der Waals surface area contributed by atoms with Crippen LogP contribution in [0, 0.1) is 0 Å². The van der Waals surface area contributed by atoms with Gasteiger partial charge < -0.3 is 33.9 Å². The Morgan fingerprint density at radius 1 is 0.578 bits per heavy atom. The number of carbonyl (C=O) groups is 9. The Morgan fingerprint density at radius 2 is 1.00 bits per heavy atom. The van der Waals surface area contributed by atoms with Gasteiger partial charge in [0.15, 0.2) is 35.5 Å². The minimum absolute atomic E-state index is 0.0794. The molecule has 2 heterocycles. The first-order valence-electron chi connectivity index (χ1n) is 25.6. The maximum Gasteiger partial charge on any atom is 0.330 e. The van der Waals surface area contributed by atoms with E-state index in [1.165, 1.54) is 38.2 Å². The number of Topliss-reactive ketones (excluding diaryl/α,β-unsaturated/α-hetero) is 4. The van der Waals surface area contributed by atoms with Crippen LogP contribution in [0.1, 0.15) is 120 Å². The number of aliphatic hydroxyl groups excluding tert-OH is 2. The Bertz CT molecular complexity index is 2870. The highest BCUT2D eigenvalue weighted by atomic mass is 79.9. The fraction of sp³-hybridized carbons (Fsp3) is 0.306. The minimum atomic E-state index is -0.498. The van der Waals surface area contributed by atoms with Crippen LogP contribution in [-0.2, 0) is 52.5 Å². The number of ether oxygens (including phenoxy) is 5. The smallest absolute Gasteiger partial charge is 0.330 e. The summed E-state index contributed by atoms with van der Waals surface area (Å²) in [5.74, 6) is -2.28. The predicted octanol–water partition coefficient (Wildman–Crippen LogP) is 13.1. The second-order valence-corrected chi connectivity index (χ2v) is 22.4. The van der Waals surface area contributed by atoms with Crippen molar-refractivity contribution in [3.8, 4) is 0 Å². The van der Waals surface area contributed by atoms with Gasteiger partial charge in [0, 0.05) is 84.7 Å². The van der Waals surface area contributed by atoms with Crippen LogP contribution in [-0.4, -0.2) is 110 Å². The fourth-order valence-electron chi connectivity index (χ4n) is 6.81. The number of aliphatic hydroxyl groups is 2. The summed E-state index contributed by atoms with van der Waals surface area (Å²) in [4.78, 5) is 97.4. The highest BCUT2D eigenvalue weighted by molar-refractivity contribution is 9.11. The second-order valence-electron chi connectivity index (χ2n) is 17.8. The van der Waals surface area contributed by atoms with Gasteiger partial charge in [-0.2, -0.15) is 0 Å². The van der Waals surface area contributed by atoms with Crippen molar-refractivity contribution in [3.63, 3.8) is 0 Å². The number of aldehydes is 1. The molecule has 0 spiro atoms. The van der Waals surface area contributed by atoms with Gasteiger partial charge in [0.2, 0.25) is 0 Å². The maximum absolute atomic E-state index is 11.7. The van der Waals surface area contributed by atoms with Crippen LogP contribution in [0.3, 0.4) is 0 Å². The SMILES string of the molecule is C=CC(=O)COC(C)=O.CC(=O)OCC(=O)CCC(=O)c1ccc(Br)cc1.COC(=O)/C=C1\CCC(c2ccc(Br)cc2)OC1.O=C(CO)CCC(=O)c1ccc(Br)cc1.O=Cc1ccc(Br)cc1.OC1CCC(c2ccc(Br)cc2)OC1. The van der Waals surface area contributed by atoms with Crippen LogP contribution >= 0.6 is 79.6 Å². The van der Waals surface area contributed by atoms with E-state index in [9.17, 15) is 48.3 Å². The van der Waals surface area contributed by atoms with Gasteiger partial charge in [-0.1, -0.05) is 147 Å². The Labute approximate surface area is 525 Å². The molecule has 0 aromatic heterocycles. The average Bonchev–Trinajstić information content (AvgIpc) is 3.54. The molecule has 5 aromatic rings. The lowest BCUT2D eigenvalue weighted by Crippen LogP contribution is -2.24. The maximum atomic E-state index is 11.7. The summed E-state index contributed by atoms with van der Waals surface area (Å²) in [6, 6.07) is 37.4. The summed E-state index contributed by atoms with van der Waals surface area (Å²) in [7, 11) is 1.38. The highest BCUT2D eigenvalue weighted by Crippen LogP contribution is 2.31. The molecule has 0 radical (unpaired) electrons. The summed E-state index contributed by atoms with van der Waals surface area (Å²) < 4.78 is 29.7. The minimum Gasteiger partial charge on any atom is -0.466 e. The van der Waals surface area contributed by atoms with Crippen molar-refractivity contribution in [2.75, 3.05) is 40.1 Å². The first-order valence-corrected chi connectivity index (χ1v) is 29.6. The van der Waals surface area contributed by atoms with Crippen LogP contribution in [0.5, 0.6) is 0 Å². The molecule has 0 saturated carbocycles. The number of ketones is 5. The number of hydrogen-bond acceptors (Lipinski definition) is 16. The molecule has 21 heteroatoms. The molecule has 0 bridgehead atoms. The monoisotopic (exact) mass is 1460 g/mol. The van der Waals surface area contributed by atoms with E-state index in [1.54, 1.807) is 60.7 Å². The highest BCUT2D eigenvalue weighted by Gasteiger charge is 2.22. The van der Waals surface area contributed by atoms with Crippen LogP contribution in [0.4, 0.5) is 0 Å². The molecule has 3 atom stereocenters. The van der Waals surface area contributed by atoms with E-state index in [0.717, 1.165) is 66.0 Å². The second kappa shape index (κ2) is 42.1. The Balaban J connectivity index is 0.000000346. The van der Waals surface area contributed by atoms with Gasteiger partial charge in [0.25, 0.3) is 0 Å². The Hall–Kier alpha value is -5.75. The molecule has 2 N–H and O–H groups in total. The lowest BCUT2D eigenvalue weighted by atomic mass is 9.98. The molecule has 16 nitrogen and oxygen atoms in total. The van der Waals surface area contributed by atoms with Gasteiger partial charge in [-0.25, -0.2) is 4.79 Å². The van der Waals surface area contributed by atoms with Crippen LogP contribution in [0.2, 0.25) is 0 Å². The Morgan fingerprint density at radius 3 is 1.37 bits per heavy atom. The molecular weight excluding hydrogens is 1400 g/mol. The van der Waals surface area contributed by atoms with E-state index < -0.39 is 18.5 Å². The Kier molecular flexibility index (Phi) is 37.2. The summed E-state index contributed by atoms with van der Waals surface area (Å²) >= 11 is 16.6. The van der Waals surface area contributed by atoms with Gasteiger partial charge >= 0.3 is 17.9 Å². The molecular formula is C62H65Br5O16. The number of esters is 3. The largest absolute Gasteiger partial charge is 0.466 e. The van der Waals surface area contributed by atoms with E-state index in [2.05, 4.69) is 125 Å². The molecule has 0 amide bonds. The van der Waals surface area contributed by atoms with E-state index in [-0.39, 0.29) is 92.1 Å². The quantitative estimate of drug-likeness (QED) is 0.0272. The van der Waals surface area contributed by atoms with Crippen LogP contribution in [0.25, 0.3) is 0 Å². The molecule has 2 aliphatic heterocycles. The number of carbonyl (C=O) groups excluding carboxylic acids is 9. The summed E-state index contributed by atoms with van der Waals surface area (Å²) in [6.07, 6.45) is 7.44. The number of benzene rings is 5. The van der Waals surface area contributed by atoms with Gasteiger partial charge in [0.05, 0.1) is 38.6 Å². The van der Waals surface area contributed by atoms with Gasteiger partial charge in [-0.05, 0) is 109 Å². The van der Waals surface area contributed by atoms with Crippen molar-refractivity contribution in [1.29, 1.82) is 0 Å². The van der Waals surface area contributed by atoms with Gasteiger partial charge in [0.1, 0.15) is 19.5 Å². The number of methoxy groups -OCH3 is 1. The summed E-state index contributed by atoms with van der Waals surface area (Å²) in [5.41, 5.74) is 5.23. The molecule has 7 rings (SSSR count). The molecule has 2 aliphatic rings. The van der Waals surface area contributed by atoms with E-state index in [0.29, 0.717) is 29.9 Å². The number of halogens is 5. The van der Waals surface area contributed by atoms with Crippen LogP contribution in [0.15, 0.2) is 168 Å². The average molecular weight is 1470 g/mol. The lowest BCUT2D eigenvalue weighted by Gasteiger charge is -2.26. The molecule has 2 saturated heterocycles. The first-order chi connectivity index (χ1) is 39.5. The van der Waals surface area contributed by atoms with Crippen molar-refractivity contribution in [2.45, 2.75) is 83.5 Å². The topological polar surface area (TPSA) is 240 Å². The molecule has 5 aromatic carbocycles. The summed E-state index contributed by atoms with van der Waals surface area (Å²) in [6.45, 7) is 5.69. The zero-order valence-corrected chi connectivity index (χ0v) is 53.8. The zero-order chi connectivity index (χ0) is 61.7. The third-order valence-corrected chi connectivity index (χ3v) is 14.0. The van der Waals surface area contributed by atoms with Crippen molar-refractivity contribution in [2.24, 2.45) is 0 Å². The van der Waals surface area contributed by atoms with E-state index in [1.807, 2.05) is 36.4 Å². The molecule has 0 aliphatic carbocycles. The third kappa shape index (κ3) is 33.4. The normalized spacial score (nSPS) is 15.2. The van der Waals surface area contributed by atoms with Gasteiger partial charge in [-0.3, -0.25) is 38.4 Å². The van der Waals surface area contributed by atoms with E-state index >= 15 is 0 Å².